The average Bonchev–Trinajstić information content (AvgIpc) is 2.99. The second kappa shape index (κ2) is 5.41. The van der Waals surface area contributed by atoms with E-state index < -0.39 is 11.5 Å². The normalized spacial score (nSPS) is 26.3. The van der Waals surface area contributed by atoms with E-state index in [1.54, 1.807) is 11.3 Å². The highest BCUT2D eigenvalue weighted by atomic mass is 32.1. The van der Waals surface area contributed by atoms with Gasteiger partial charge in [-0.05, 0) is 43.7 Å². The number of carboxylic acids is 1. The highest BCUT2D eigenvalue weighted by Crippen LogP contribution is 2.41. The van der Waals surface area contributed by atoms with Gasteiger partial charge in [-0.1, -0.05) is 19.9 Å². The van der Waals surface area contributed by atoms with E-state index in [1.165, 1.54) is 4.88 Å². The second-order valence-corrected chi connectivity index (χ2v) is 5.91. The molecule has 0 aliphatic carbocycles. The summed E-state index contributed by atoms with van der Waals surface area (Å²) in [6, 6.07) is 4.43. The Balaban J connectivity index is 2.32. The summed E-state index contributed by atoms with van der Waals surface area (Å²) in [6.45, 7) is 5.04. The molecule has 2 rings (SSSR count). The molecule has 1 fully saturated rings. The van der Waals surface area contributed by atoms with Crippen LogP contribution >= 0.6 is 11.3 Å². The van der Waals surface area contributed by atoms with Crippen molar-refractivity contribution in [3.05, 3.63) is 22.4 Å². The van der Waals surface area contributed by atoms with Crippen molar-refractivity contribution in [1.82, 2.24) is 4.90 Å². The SMILES string of the molecule is CCC(c1cccs1)N1CCCC1(CC)C(=O)O. The van der Waals surface area contributed by atoms with E-state index in [-0.39, 0.29) is 6.04 Å². The number of likely N-dealkylation sites (tertiary alicyclic amines) is 1. The fourth-order valence-corrected chi connectivity index (χ4v) is 4.09. The molecule has 1 aliphatic heterocycles. The van der Waals surface area contributed by atoms with Gasteiger partial charge in [-0.3, -0.25) is 9.69 Å². The molecule has 0 bridgehead atoms. The molecular weight excluding hydrogens is 246 g/mol. The zero-order valence-electron chi connectivity index (χ0n) is 11.1. The molecule has 0 spiro atoms. The number of rotatable bonds is 5. The van der Waals surface area contributed by atoms with Gasteiger partial charge in [-0.25, -0.2) is 0 Å². The maximum absolute atomic E-state index is 11.7. The second-order valence-electron chi connectivity index (χ2n) is 4.93. The topological polar surface area (TPSA) is 40.5 Å². The van der Waals surface area contributed by atoms with Gasteiger partial charge in [0.05, 0.1) is 0 Å². The van der Waals surface area contributed by atoms with Crippen LogP contribution in [0.25, 0.3) is 0 Å². The molecular formula is C14H21NO2S. The summed E-state index contributed by atoms with van der Waals surface area (Å²) >= 11 is 1.73. The molecule has 18 heavy (non-hydrogen) atoms. The van der Waals surface area contributed by atoms with Crippen molar-refractivity contribution >= 4 is 17.3 Å². The predicted molar refractivity (Wildman–Crippen MR) is 73.9 cm³/mol. The molecule has 100 valence electrons. The predicted octanol–water partition coefficient (Wildman–Crippen LogP) is 3.53. The van der Waals surface area contributed by atoms with Gasteiger partial charge in [0.1, 0.15) is 5.54 Å². The monoisotopic (exact) mass is 267 g/mol. The van der Waals surface area contributed by atoms with E-state index in [1.807, 2.05) is 13.0 Å². The van der Waals surface area contributed by atoms with Gasteiger partial charge in [0, 0.05) is 10.9 Å². The number of thiophene rings is 1. The first-order valence-electron chi connectivity index (χ1n) is 6.69. The third kappa shape index (κ3) is 2.08. The maximum Gasteiger partial charge on any atom is 0.324 e. The third-order valence-corrected chi connectivity index (χ3v) is 5.13. The Bertz CT molecular complexity index is 404. The van der Waals surface area contributed by atoms with E-state index in [2.05, 4.69) is 23.3 Å². The summed E-state index contributed by atoms with van der Waals surface area (Å²) in [7, 11) is 0. The Morgan fingerprint density at radius 3 is 2.89 bits per heavy atom. The van der Waals surface area contributed by atoms with Crippen LogP contribution in [-0.4, -0.2) is 28.1 Å². The van der Waals surface area contributed by atoms with Crippen LogP contribution in [0.1, 0.15) is 50.4 Å². The zero-order valence-corrected chi connectivity index (χ0v) is 11.9. The van der Waals surface area contributed by atoms with Crippen LogP contribution in [-0.2, 0) is 4.79 Å². The zero-order chi connectivity index (χ0) is 13.2. The first-order valence-corrected chi connectivity index (χ1v) is 7.57. The Kier molecular flexibility index (Phi) is 4.07. The Hall–Kier alpha value is -0.870. The molecule has 2 atom stereocenters. The molecule has 1 aliphatic rings. The Morgan fingerprint density at radius 1 is 1.61 bits per heavy atom. The summed E-state index contributed by atoms with van der Waals surface area (Å²) in [5, 5.41) is 11.7. The molecule has 0 saturated carbocycles. The highest BCUT2D eigenvalue weighted by Gasteiger charge is 2.48. The number of aliphatic carboxylic acids is 1. The quantitative estimate of drug-likeness (QED) is 0.887. The fourth-order valence-electron chi connectivity index (χ4n) is 3.17. The van der Waals surface area contributed by atoms with Crippen molar-refractivity contribution in [2.24, 2.45) is 0 Å². The van der Waals surface area contributed by atoms with Crippen LogP contribution in [0.15, 0.2) is 17.5 Å². The lowest BCUT2D eigenvalue weighted by Gasteiger charge is -2.39. The largest absolute Gasteiger partial charge is 0.480 e. The van der Waals surface area contributed by atoms with Crippen LogP contribution in [0.3, 0.4) is 0 Å². The van der Waals surface area contributed by atoms with Gasteiger partial charge >= 0.3 is 5.97 Å². The van der Waals surface area contributed by atoms with E-state index >= 15 is 0 Å². The molecule has 0 amide bonds. The van der Waals surface area contributed by atoms with Gasteiger partial charge in [0.15, 0.2) is 0 Å². The molecule has 1 aromatic rings. The molecule has 4 heteroatoms. The molecule has 1 aromatic heterocycles. The van der Waals surface area contributed by atoms with Gasteiger partial charge in [0.2, 0.25) is 0 Å². The molecule has 2 heterocycles. The fraction of sp³-hybridized carbons (Fsp3) is 0.643. The van der Waals surface area contributed by atoms with E-state index in [9.17, 15) is 9.90 Å². The molecule has 1 saturated heterocycles. The summed E-state index contributed by atoms with van der Waals surface area (Å²) < 4.78 is 0. The number of hydrogen-bond donors (Lipinski definition) is 1. The summed E-state index contributed by atoms with van der Waals surface area (Å²) in [6.07, 6.45) is 3.42. The minimum absolute atomic E-state index is 0.253. The lowest BCUT2D eigenvalue weighted by atomic mass is 9.91. The van der Waals surface area contributed by atoms with Crippen LogP contribution in [0, 0.1) is 0 Å². The maximum atomic E-state index is 11.7. The van der Waals surface area contributed by atoms with Gasteiger partial charge in [0.25, 0.3) is 0 Å². The van der Waals surface area contributed by atoms with Crippen molar-refractivity contribution < 1.29 is 9.90 Å². The summed E-state index contributed by atoms with van der Waals surface area (Å²) in [4.78, 5) is 15.2. The van der Waals surface area contributed by atoms with Gasteiger partial charge < -0.3 is 5.11 Å². The van der Waals surface area contributed by atoms with E-state index in [0.29, 0.717) is 6.42 Å². The standard InChI is InChI=1S/C14H21NO2S/c1-3-11(12-7-5-10-18-12)15-9-6-8-14(15,4-2)13(16)17/h5,7,10-11H,3-4,6,8-9H2,1-2H3,(H,16,17). The van der Waals surface area contributed by atoms with Gasteiger partial charge in [-0.15, -0.1) is 11.3 Å². The summed E-state index contributed by atoms with van der Waals surface area (Å²) in [5.41, 5.74) is -0.648. The minimum atomic E-state index is -0.655. The number of nitrogens with zero attached hydrogens (tertiary/aromatic N) is 1. The molecule has 2 unspecified atom stereocenters. The lowest BCUT2D eigenvalue weighted by Crippen LogP contribution is -2.51. The Labute approximate surface area is 112 Å². The number of hydrogen-bond acceptors (Lipinski definition) is 3. The van der Waals surface area contributed by atoms with Gasteiger partial charge in [-0.2, -0.15) is 0 Å². The van der Waals surface area contributed by atoms with E-state index in [4.69, 9.17) is 0 Å². The van der Waals surface area contributed by atoms with Crippen molar-refractivity contribution in [3.8, 4) is 0 Å². The first kappa shape index (κ1) is 13.6. The van der Waals surface area contributed by atoms with Crippen LogP contribution in [0.4, 0.5) is 0 Å². The number of carbonyl (C=O) groups is 1. The van der Waals surface area contributed by atoms with Crippen LogP contribution < -0.4 is 0 Å². The smallest absolute Gasteiger partial charge is 0.324 e. The highest BCUT2D eigenvalue weighted by molar-refractivity contribution is 7.10. The lowest BCUT2D eigenvalue weighted by molar-refractivity contribution is -0.151. The molecule has 0 radical (unpaired) electrons. The van der Waals surface area contributed by atoms with E-state index in [0.717, 1.165) is 25.8 Å². The molecule has 3 nitrogen and oxygen atoms in total. The van der Waals surface area contributed by atoms with Crippen molar-refractivity contribution in [2.75, 3.05) is 6.54 Å². The minimum Gasteiger partial charge on any atom is -0.480 e. The van der Waals surface area contributed by atoms with Crippen molar-refractivity contribution in [2.45, 2.75) is 51.1 Å². The average molecular weight is 267 g/mol. The van der Waals surface area contributed by atoms with Crippen molar-refractivity contribution in [1.29, 1.82) is 0 Å². The van der Waals surface area contributed by atoms with Crippen molar-refractivity contribution in [3.63, 3.8) is 0 Å². The first-order chi connectivity index (χ1) is 8.65. The van der Waals surface area contributed by atoms with Crippen LogP contribution in [0.2, 0.25) is 0 Å². The summed E-state index contributed by atoms with van der Waals surface area (Å²) in [5.74, 6) is -0.655. The number of carboxylic acid groups (broad SMARTS) is 1. The Morgan fingerprint density at radius 2 is 2.39 bits per heavy atom. The van der Waals surface area contributed by atoms with Crippen LogP contribution in [0.5, 0.6) is 0 Å². The molecule has 0 aromatic carbocycles. The molecule has 1 N–H and O–H groups in total. The third-order valence-electron chi connectivity index (χ3n) is 4.16.